The third-order valence-corrected chi connectivity index (χ3v) is 4.08. The molecule has 0 radical (unpaired) electrons. The zero-order chi connectivity index (χ0) is 15.4. The van der Waals surface area contributed by atoms with Crippen LogP contribution in [0.3, 0.4) is 0 Å². The highest BCUT2D eigenvalue weighted by molar-refractivity contribution is 4.91. The molecule has 0 aromatic rings. The molecule has 0 atom stereocenters. The second kappa shape index (κ2) is 6.65. The number of alkyl halides is 3. The van der Waals surface area contributed by atoms with Gasteiger partial charge in [-0.25, -0.2) is 0 Å². The SMILES string of the molecule is CCC1CCC(CNC(C)(C)C)(OCC(F)(F)F)CC1. The standard InChI is InChI=1S/C15H28F3NO/c1-5-12-6-8-14(9-7-12,10-19-13(2,3)4)20-11-15(16,17)18/h12,19H,5-11H2,1-4H3. The molecular formula is C15H28F3NO. The molecule has 1 saturated carbocycles. The van der Waals surface area contributed by atoms with Gasteiger partial charge in [0.25, 0.3) is 0 Å². The fourth-order valence-electron chi connectivity index (χ4n) is 2.65. The minimum absolute atomic E-state index is 0.115. The highest BCUT2D eigenvalue weighted by atomic mass is 19.4. The molecule has 0 aromatic heterocycles. The van der Waals surface area contributed by atoms with E-state index in [0.717, 1.165) is 19.3 Å². The lowest BCUT2D eigenvalue weighted by molar-refractivity contribution is -0.212. The van der Waals surface area contributed by atoms with Crippen LogP contribution >= 0.6 is 0 Å². The summed E-state index contributed by atoms with van der Waals surface area (Å²) in [4.78, 5) is 0. The van der Waals surface area contributed by atoms with Gasteiger partial charge in [-0.2, -0.15) is 13.2 Å². The molecule has 0 bridgehead atoms. The zero-order valence-corrected chi connectivity index (χ0v) is 13.1. The van der Waals surface area contributed by atoms with Gasteiger partial charge in [0.1, 0.15) is 6.61 Å². The van der Waals surface area contributed by atoms with Crippen molar-refractivity contribution in [3.8, 4) is 0 Å². The minimum atomic E-state index is -4.25. The van der Waals surface area contributed by atoms with Gasteiger partial charge in [-0.05, 0) is 52.4 Å². The quantitative estimate of drug-likeness (QED) is 0.817. The van der Waals surface area contributed by atoms with Crippen LogP contribution in [0, 0.1) is 5.92 Å². The van der Waals surface area contributed by atoms with Gasteiger partial charge in [0, 0.05) is 12.1 Å². The number of rotatable bonds is 5. The molecule has 0 amide bonds. The third-order valence-electron chi connectivity index (χ3n) is 4.08. The molecule has 2 nitrogen and oxygen atoms in total. The Morgan fingerprint density at radius 3 is 2.10 bits per heavy atom. The van der Waals surface area contributed by atoms with Gasteiger partial charge in [-0.1, -0.05) is 13.3 Å². The first-order chi connectivity index (χ1) is 9.05. The Bertz CT molecular complexity index is 268. The lowest BCUT2D eigenvalue weighted by Crippen LogP contribution is -2.51. The third kappa shape index (κ3) is 6.44. The Kier molecular flexibility index (Phi) is 5.90. The van der Waals surface area contributed by atoms with E-state index in [1.165, 1.54) is 0 Å². The number of hydrogen-bond acceptors (Lipinski definition) is 2. The van der Waals surface area contributed by atoms with Crippen LogP contribution < -0.4 is 5.32 Å². The maximum absolute atomic E-state index is 12.5. The van der Waals surface area contributed by atoms with Gasteiger partial charge in [0.05, 0.1) is 5.60 Å². The molecule has 20 heavy (non-hydrogen) atoms. The normalized spacial score (nSPS) is 28.6. The van der Waals surface area contributed by atoms with Crippen molar-refractivity contribution in [3.05, 3.63) is 0 Å². The highest BCUT2D eigenvalue weighted by Gasteiger charge is 2.40. The fourth-order valence-corrected chi connectivity index (χ4v) is 2.65. The predicted molar refractivity (Wildman–Crippen MR) is 74.7 cm³/mol. The lowest BCUT2D eigenvalue weighted by Gasteiger charge is -2.42. The molecular weight excluding hydrogens is 267 g/mol. The Hall–Kier alpha value is -0.290. The maximum atomic E-state index is 12.5. The van der Waals surface area contributed by atoms with E-state index in [2.05, 4.69) is 12.2 Å². The van der Waals surface area contributed by atoms with Gasteiger partial charge in [0.15, 0.2) is 0 Å². The largest absolute Gasteiger partial charge is 0.411 e. The topological polar surface area (TPSA) is 21.3 Å². The van der Waals surface area contributed by atoms with Crippen molar-refractivity contribution in [3.63, 3.8) is 0 Å². The first-order valence-corrected chi connectivity index (χ1v) is 7.51. The van der Waals surface area contributed by atoms with Gasteiger partial charge in [-0.3, -0.25) is 0 Å². The smallest absolute Gasteiger partial charge is 0.364 e. The molecule has 1 rings (SSSR count). The van der Waals surface area contributed by atoms with Crippen LogP contribution in [-0.2, 0) is 4.74 Å². The molecule has 0 saturated heterocycles. The fraction of sp³-hybridized carbons (Fsp3) is 1.00. The van der Waals surface area contributed by atoms with Crippen LogP contribution in [0.1, 0.15) is 59.8 Å². The molecule has 1 N–H and O–H groups in total. The van der Waals surface area contributed by atoms with Crippen LogP contribution in [-0.4, -0.2) is 30.5 Å². The van der Waals surface area contributed by atoms with Gasteiger partial charge >= 0.3 is 6.18 Å². The molecule has 0 aromatic carbocycles. The predicted octanol–water partition coefficient (Wildman–Crippen LogP) is 4.29. The van der Waals surface area contributed by atoms with Crippen molar-refractivity contribution >= 4 is 0 Å². The Morgan fingerprint density at radius 1 is 1.15 bits per heavy atom. The van der Waals surface area contributed by atoms with Crippen molar-refractivity contribution in [2.45, 2.75) is 77.1 Å². The summed E-state index contributed by atoms with van der Waals surface area (Å²) in [6, 6.07) is 0. The van der Waals surface area contributed by atoms with E-state index in [9.17, 15) is 13.2 Å². The van der Waals surface area contributed by atoms with E-state index >= 15 is 0 Å². The molecule has 1 fully saturated rings. The van der Waals surface area contributed by atoms with Crippen LogP contribution in [0.15, 0.2) is 0 Å². The van der Waals surface area contributed by atoms with Crippen LogP contribution in [0.4, 0.5) is 13.2 Å². The summed E-state index contributed by atoms with van der Waals surface area (Å²) in [6.45, 7) is 7.53. The van der Waals surface area contributed by atoms with Gasteiger partial charge in [-0.15, -0.1) is 0 Å². The van der Waals surface area contributed by atoms with E-state index in [0.29, 0.717) is 25.3 Å². The molecule has 0 spiro atoms. The second-order valence-corrected chi connectivity index (χ2v) is 7.04. The van der Waals surface area contributed by atoms with Gasteiger partial charge < -0.3 is 10.1 Å². The maximum Gasteiger partial charge on any atom is 0.411 e. The number of nitrogens with one attached hydrogen (secondary N) is 1. The molecule has 0 heterocycles. The van der Waals surface area contributed by atoms with Crippen molar-refractivity contribution < 1.29 is 17.9 Å². The van der Waals surface area contributed by atoms with Crippen molar-refractivity contribution in [2.75, 3.05) is 13.2 Å². The summed E-state index contributed by atoms with van der Waals surface area (Å²) in [6.07, 6.45) is 0.189. The summed E-state index contributed by atoms with van der Waals surface area (Å²) < 4.78 is 42.7. The number of halogens is 3. The van der Waals surface area contributed by atoms with E-state index in [1.54, 1.807) is 0 Å². The summed E-state index contributed by atoms with van der Waals surface area (Å²) >= 11 is 0. The Balaban J connectivity index is 2.64. The summed E-state index contributed by atoms with van der Waals surface area (Å²) in [5, 5.41) is 3.31. The molecule has 1 aliphatic rings. The van der Waals surface area contributed by atoms with E-state index in [-0.39, 0.29) is 5.54 Å². The second-order valence-electron chi connectivity index (χ2n) is 7.04. The zero-order valence-electron chi connectivity index (χ0n) is 13.1. The number of hydrogen-bond donors (Lipinski definition) is 1. The molecule has 0 aliphatic heterocycles. The highest BCUT2D eigenvalue weighted by Crippen LogP contribution is 2.37. The van der Waals surface area contributed by atoms with Crippen molar-refractivity contribution in [1.29, 1.82) is 0 Å². The average Bonchev–Trinajstić information content (AvgIpc) is 2.33. The molecule has 5 heteroatoms. The van der Waals surface area contributed by atoms with Gasteiger partial charge in [0.2, 0.25) is 0 Å². The summed E-state index contributed by atoms with van der Waals surface area (Å²) in [5.41, 5.74) is -0.773. The Labute approximate surface area is 120 Å². The molecule has 1 aliphatic carbocycles. The van der Waals surface area contributed by atoms with Crippen molar-refractivity contribution in [2.24, 2.45) is 5.92 Å². The monoisotopic (exact) mass is 295 g/mol. The minimum Gasteiger partial charge on any atom is -0.364 e. The van der Waals surface area contributed by atoms with Crippen LogP contribution in [0.25, 0.3) is 0 Å². The first kappa shape index (κ1) is 17.8. The average molecular weight is 295 g/mol. The summed E-state index contributed by atoms with van der Waals surface area (Å²) in [5.74, 6) is 0.632. The van der Waals surface area contributed by atoms with Crippen LogP contribution in [0.2, 0.25) is 0 Å². The van der Waals surface area contributed by atoms with E-state index < -0.39 is 18.4 Å². The van der Waals surface area contributed by atoms with E-state index in [1.807, 2.05) is 20.8 Å². The van der Waals surface area contributed by atoms with Crippen molar-refractivity contribution in [1.82, 2.24) is 5.32 Å². The first-order valence-electron chi connectivity index (χ1n) is 7.51. The Morgan fingerprint density at radius 2 is 1.70 bits per heavy atom. The number of ether oxygens (including phenoxy) is 1. The lowest BCUT2D eigenvalue weighted by atomic mass is 9.77. The molecule has 0 unspecified atom stereocenters. The van der Waals surface area contributed by atoms with E-state index in [4.69, 9.17) is 4.74 Å². The summed E-state index contributed by atoms with van der Waals surface area (Å²) in [7, 11) is 0. The van der Waals surface area contributed by atoms with Crippen LogP contribution in [0.5, 0.6) is 0 Å². The molecule has 120 valence electrons.